The number of anilines is 1. The number of nitrogens with zero attached hydrogens (tertiary/aromatic N) is 3. The number of carbonyl (C=O) groups is 2. The predicted octanol–water partition coefficient (Wildman–Crippen LogP) is 3.13. The lowest BCUT2D eigenvalue weighted by Gasteiger charge is -2.17. The summed E-state index contributed by atoms with van der Waals surface area (Å²) >= 11 is 0. The molecule has 5 rings (SSSR count). The van der Waals surface area contributed by atoms with Gasteiger partial charge in [0.2, 0.25) is 5.91 Å². The lowest BCUT2D eigenvalue weighted by Crippen LogP contribution is -2.33. The highest BCUT2D eigenvalue weighted by Gasteiger charge is 2.34. The first kappa shape index (κ1) is 20.2. The molecule has 9 nitrogen and oxygen atoms in total. The summed E-state index contributed by atoms with van der Waals surface area (Å²) in [5.74, 6) is 0.0345. The van der Waals surface area contributed by atoms with Crippen molar-refractivity contribution >= 4 is 17.7 Å². The van der Waals surface area contributed by atoms with E-state index < -0.39 is 18.0 Å². The number of nitrogens with one attached hydrogen (secondary N) is 2. The summed E-state index contributed by atoms with van der Waals surface area (Å²) < 4.78 is 25.9. The van der Waals surface area contributed by atoms with Crippen LogP contribution in [-0.4, -0.2) is 46.5 Å². The van der Waals surface area contributed by atoms with E-state index in [0.717, 1.165) is 17.5 Å². The van der Waals surface area contributed by atoms with Crippen LogP contribution in [0.3, 0.4) is 0 Å². The van der Waals surface area contributed by atoms with Gasteiger partial charge < -0.3 is 14.6 Å². The molecule has 1 aliphatic carbocycles. The Bertz CT molecular complexity index is 1220. The van der Waals surface area contributed by atoms with Gasteiger partial charge in [0.15, 0.2) is 0 Å². The SMILES string of the molecule is CC(=O)NCC1CN(c2cc(F)c3c(c2)CCCc2c(-c4cc(C)on4)n[nH]c2-3)C(=O)O1. The Morgan fingerprint density at radius 3 is 2.94 bits per heavy atom. The van der Waals surface area contributed by atoms with Crippen LogP contribution in [0.25, 0.3) is 22.6 Å². The molecule has 1 aromatic carbocycles. The Balaban J connectivity index is 1.48. The van der Waals surface area contributed by atoms with Crippen molar-refractivity contribution in [2.75, 3.05) is 18.0 Å². The van der Waals surface area contributed by atoms with Crippen molar-refractivity contribution in [1.29, 1.82) is 0 Å². The summed E-state index contributed by atoms with van der Waals surface area (Å²) in [5, 5.41) is 14.1. The van der Waals surface area contributed by atoms with Gasteiger partial charge >= 0.3 is 6.09 Å². The Hall–Kier alpha value is -3.69. The second kappa shape index (κ2) is 7.77. The third kappa shape index (κ3) is 3.51. The number of rotatable bonds is 4. The van der Waals surface area contributed by atoms with Crippen LogP contribution in [0.15, 0.2) is 22.7 Å². The number of carbonyl (C=O) groups excluding carboxylic acids is 2. The van der Waals surface area contributed by atoms with E-state index in [1.807, 2.05) is 13.0 Å². The second-order valence-corrected chi connectivity index (χ2v) is 8.12. The highest BCUT2D eigenvalue weighted by molar-refractivity contribution is 5.91. The number of aromatic nitrogens is 3. The van der Waals surface area contributed by atoms with Gasteiger partial charge in [-0.2, -0.15) is 5.10 Å². The summed E-state index contributed by atoms with van der Waals surface area (Å²) in [5.41, 5.74) is 4.50. The van der Waals surface area contributed by atoms with Crippen LogP contribution in [0.5, 0.6) is 0 Å². The predicted molar refractivity (Wildman–Crippen MR) is 113 cm³/mol. The Morgan fingerprint density at radius 2 is 2.19 bits per heavy atom. The highest BCUT2D eigenvalue weighted by atomic mass is 19.1. The van der Waals surface area contributed by atoms with Gasteiger partial charge in [0.1, 0.15) is 29.1 Å². The molecular formula is C22H22FN5O4. The van der Waals surface area contributed by atoms with E-state index in [-0.39, 0.29) is 19.0 Å². The number of hydrogen-bond donors (Lipinski definition) is 2. The van der Waals surface area contributed by atoms with E-state index in [0.29, 0.717) is 46.9 Å². The van der Waals surface area contributed by atoms with Crippen LogP contribution >= 0.6 is 0 Å². The maximum absolute atomic E-state index is 15.4. The average Bonchev–Trinajstić information content (AvgIpc) is 3.42. The fourth-order valence-corrected chi connectivity index (χ4v) is 4.34. The number of amides is 2. The van der Waals surface area contributed by atoms with Crippen molar-refractivity contribution in [1.82, 2.24) is 20.7 Å². The molecule has 32 heavy (non-hydrogen) atoms. The minimum Gasteiger partial charge on any atom is -0.442 e. The topological polar surface area (TPSA) is 113 Å². The minimum absolute atomic E-state index is 0.203. The zero-order valence-electron chi connectivity index (χ0n) is 17.7. The smallest absolute Gasteiger partial charge is 0.414 e. The largest absolute Gasteiger partial charge is 0.442 e. The van der Waals surface area contributed by atoms with E-state index in [4.69, 9.17) is 9.26 Å². The first-order valence-electron chi connectivity index (χ1n) is 10.5. The van der Waals surface area contributed by atoms with E-state index in [1.165, 1.54) is 17.9 Å². The van der Waals surface area contributed by atoms with Gasteiger partial charge in [0.25, 0.3) is 0 Å². The molecule has 1 unspecified atom stereocenters. The molecule has 2 aliphatic rings. The van der Waals surface area contributed by atoms with Gasteiger partial charge in [-0.1, -0.05) is 5.16 Å². The number of H-pyrrole nitrogens is 1. The summed E-state index contributed by atoms with van der Waals surface area (Å²) in [7, 11) is 0. The average molecular weight is 439 g/mol. The molecule has 1 atom stereocenters. The van der Waals surface area contributed by atoms with Gasteiger partial charge in [0, 0.05) is 24.1 Å². The molecule has 10 heteroatoms. The molecular weight excluding hydrogens is 417 g/mol. The zero-order chi connectivity index (χ0) is 22.4. The first-order chi connectivity index (χ1) is 15.4. The van der Waals surface area contributed by atoms with Crippen LogP contribution in [0, 0.1) is 12.7 Å². The van der Waals surface area contributed by atoms with Crippen molar-refractivity contribution in [3.63, 3.8) is 0 Å². The number of benzene rings is 1. The van der Waals surface area contributed by atoms with E-state index in [9.17, 15) is 9.59 Å². The van der Waals surface area contributed by atoms with E-state index in [2.05, 4.69) is 20.7 Å². The fraction of sp³-hybridized carbons (Fsp3) is 0.364. The summed E-state index contributed by atoms with van der Waals surface area (Å²) in [6, 6.07) is 4.98. The molecule has 0 bridgehead atoms. The first-order valence-corrected chi connectivity index (χ1v) is 10.5. The standard InChI is InChI=1S/C22H22FN5O4/c1-11-6-18(27-32-11)20-16-5-3-4-13-7-14(8-17(23)19(13)21(16)26-25-20)28-10-15(31-22(28)30)9-24-12(2)29/h6-8,15H,3-5,9-10H2,1-2H3,(H,24,29)(H,25,26). The van der Waals surface area contributed by atoms with Gasteiger partial charge in [0.05, 0.1) is 24.5 Å². The van der Waals surface area contributed by atoms with Crippen LogP contribution in [0.1, 0.15) is 30.2 Å². The molecule has 1 aliphatic heterocycles. The highest BCUT2D eigenvalue weighted by Crippen LogP contribution is 2.39. The van der Waals surface area contributed by atoms with Crippen molar-refractivity contribution in [3.05, 3.63) is 40.9 Å². The number of halogens is 1. The fourth-order valence-electron chi connectivity index (χ4n) is 4.34. The molecule has 1 fully saturated rings. The normalized spacial score (nSPS) is 17.5. The lowest BCUT2D eigenvalue weighted by atomic mass is 9.99. The van der Waals surface area contributed by atoms with Crippen molar-refractivity contribution in [2.45, 2.75) is 39.2 Å². The van der Waals surface area contributed by atoms with E-state index in [1.54, 1.807) is 6.07 Å². The number of fused-ring (bicyclic) bond motifs is 3. The van der Waals surface area contributed by atoms with Crippen molar-refractivity contribution < 1.29 is 23.2 Å². The molecule has 2 amide bonds. The van der Waals surface area contributed by atoms with Crippen molar-refractivity contribution in [2.24, 2.45) is 0 Å². The zero-order valence-corrected chi connectivity index (χ0v) is 17.7. The minimum atomic E-state index is -0.556. The molecule has 2 aromatic heterocycles. The van der Waals surface area contributed by atoms with Crippen LogP contribution < -0.4 is 10.2 Å². The molecule has 2 N–H and O–H groups in total. The Morgan fingerprint density at radius 1 is 1.34 bits per heavy atom. The van der Waals surface area contributed by atoms with Crippen LogP contribution in [-0.2, 0) is 22.4 Å². The molecule has 166 valence electrons. The monoisotopic (exact) mass is 439 g/mol. The maximum atomic E-state index is 15.4. The number of aromatic amines is 1. The number of aryl methyl sites for hydroxylation is 2. The number of cyclic esters (lactones) is 1. The molecule has 0 spiro atoms. The maximum Gasteiger partial charge on any atom is 0.414 e. The molecule has 3 aromatic rings. The lowest BCUT2D eigenvalue weighted by molar-refractivity contribution is -0.119. The quantitative estimate of drug-likeness (QED) is 0.646. The van der Waals surface area contributed by atoms with Crippen LogP contribution in [0.2, 0.25) is 0 Å². The van der Waals surface area contributed by atoms with Crippen LogP contribution in [0.4, 0.5) is 14.9 Å². The summed E-state index contributed by atoms with van der Waals surface area (Å²) in [4.78, 5) is 24.9. The third-order valence-electron chi connectivity index (χ3n) is 5.78. The van der Waals surface area contributed by atoms with Gasteiger partial charge in [-0.3, -0.25) is 14.8 Å². The van der Waals surface area contributed by atoms with Crippen molar-refractivity contribution in [3.8, 4) is 22.6 Å². The van der Waals surface area contributed by atoms with Gasteiger partial charge in [-0.25, -0.2) is 9.18 Å². The molecule has 1 saturated heterocycles. The molecule has 3 heterocycles. The number of hydrogen-bond acceptors (Lipinski definition) is 6. The molecule has 0 radical (unpaired) electrons. The summed E-state index contributed by atoms with van der Waals surface area (Å²) in [6.07, 6.45) is 1.11. The van der Waals surface area contributed by atoms with E-state index >= 15 is 4.39 Å². The second-order valence-electron chi connectivity index (χ2n) is 8.12. The third-order valence-corrected chi connectivity index (χ3v) is 5.78. The van der Waals surface area contributed by atoms with Gasteiger partial charge in [-0.15, -0.1) is 0 Å². The number of ether oxygens (including phenoxy) is 1. The van der Waals surface area contributed by atoms with Gasteiger partial charge in [-0.05, 0) is 43.9 Å². The Labute approximate surface area is 182 Å². The Kier molecular flexibility index (Phi) is 4.91. The summed E-state index contributed by atoms with van der Waals surface area (Å²) in [6.45, 7) is 3.66. The molecule has 0 saturated carbocycles.